The van der Waals surface area contributed by atoms with Crippen LogP contribution < -0.4 is 0 Å². The van der Waals surface area contributed by atoms with E-state index in [1.54, 1.807) is 0 Å². The van der Waals surface area contributed by atoms with Gasteiger partial charge >= 0.3 is 0 Å². The van der Waals surface area contributed by atoms with Gasteiger partial charge in [0, 0.05) is 36.4 Å². The van der Waals surface area contributed by atoms with Crippen molar-refractivity contribution in [3.63, 3.8) is 0 Å². The van der Waals surface area contributed by atoms with Crippen LogP contribution in [-0.4, -0.2) is 58.5 Å². The maximum absolute atomic E-state index is 13.3. The fourth-order valence-electron chi connectivity index (χ4n) is 3.78. The summed E-state index contributed by atoms with van der Waals surface area (Å²) in [7, 11) is 1.99. The molecule has 0 radical (unpaired) electrons. The Hall–Kier alpha value is -1.82. The number of fused-ring (bicyclic) bond motifs is 1. The van der Waals surface area contributed by atoms with Crippen LogP contribution in [0, 0.1) is 0 Å². The minimum Gasteiger partial charge on any atom is -0.371 e. The number of nitrogens with zero attached hydrogens (tertiary/aromatic N) is 4. The summed E-state index contributed by atoms with van der Waals surface area (Å²) in [6.07, 6.45) is 12.1. The third-order valence-corrected chi connectivity index (χ3v) is 6.13. The summed E-state index contributed by atoms with van der Waals surface area (Å²) in [4.78, 5) is 24.3. The lowest BCUT2D eigenvalue weighted by Crippen LogP contribution is -2.58. The molecule has 0 aromatic rings. The minimum atomic E-state index is 0.0330. The molecule has 0 saturated carbocycles. The molecule has 2 unspecified atom stereocenters. The molecule has 6 heteroatoms. The molecule has 0 aromatic carbocycles. The van der Waals surface area contributed by atoms with E-state index in [1.807, 2.05) is 42.0 Å². The van der Waals surface area contributed by atoms with Crippen LogP contribution in [0.2, 0.25) is 0 Å². The van der Waals surface area contributed by atoms with E-state index in [0.717, 1.165) is 41.9 Å². The van der Waals surface area contributed by atoms with Crippen LogP contribution in [0.5, 0.6) is 0 Å². The summed E-state index contributed by atoms with van der Waals surface area (Å²) < 4.78 is 0.950. The van der Waals surface area contributed by atoms with Crippen molar-refractivity contribution in [1.82, 2.24) is 14.7 Å². The molecular weight excluding hydrogens is 392 g/mol. The number of piperazine rings is 1. The van der Waals surface area contributed by atoms with Crippen molar-refractivity contribution in [2.24, 2.45) is 4.99 Å². The Kier molecular flexibility index (Phi) is 5.70. The summed E-state index contributed by atoms with van der Waals surface area (Å²) >= 11 is 3.52. The van der Waals surface area contributed by atoms with Gasteiger partial charge in [-0.2, -0.15) is 0 Å². The number of hydrogen-bond donors (Lipinski definition) is 0. The molecule has 3 aliphatic rings. The largest absolute Gasteiger partial charge is 0.371 e. The number of aliphatic imine (C=N–C) groups is 1. The van der Waals surface area contributed by atoms with Crippen LogP contribution in [0.1, 0.15) is 33.6 Å². The average molecular weight is 419 g/mol. The standard InChI is InChI=1S/C20H27BrN4O/c1-5-15(21)12-19-22-17(13-16(6-2)23(19)4)20(26)25-11-10-24-9-7-8-18(24)14(25)3/h5,7,9,12-14,18H,6,8,10-11H2,1-4H3/b15-5+,19-12-. The van der Waals surface area contributed by atoms with E-state index in [4.69, 9.17) is 0 Å². The molecule has 1 fully saturated rings. The summed E-state index contributed by atoms with van der Waals surface area (Å²) in [5.74, 6) is 0.817. The van der Waals surface area contributed by atoms with Gasteiger partial charge in [-0.3, -0.25) is 4.79 Å². The van der Waals surface area contributed by atoms with Crippen molar-refractivity contribution in [2.45, 2.75) is 45.7 Å². The van der Waals surface area contributed by atoms with Crippen molar-refractivity contribution in [1.29, 1.82) is 0 Å². The Morgan fingerprint density at radius 3 is 2.88 bits per heavy atom. The third-order valence-electron chi connectivity index (χ3n) is 5.45. The second kappa shape index (κ2) is 7.82. The Morgan fingerprint density at radius 1 is 1.42 bits per heavy atom. The molecule has 0 bridgehead atoms. The van der Waals surface area contributed by atoms with Gasteiger partial charge in [0.25, 0.3) is 5.91 Å². The van der Waals surface area contributed by atoms with Gasteiger partial charge in [-0.25, -0.2) is 4.99 Å². The highest BCUT2D eigenvalue weighted by molar-refractivity contribution is 9.11. The Bertz CT molecular complexity index is 734. The van der Waals surface area contributed by atoms with E-state index in [1.165, 1.54) is 0 Å². The predicted octanol–water partition coefficient (Wildman–Crippen LogP) is 3.63. The molecule has 1 amide bonds. The molecular formula is C20H27BrN4O. The van der Waals surface area contributed by atoms with Gasteiger partial charge in [0.15, 0.2) is 0 Å². The molecule has 26 heavy (non-hydrogen) atoms. The van der Waals surface area contributed by atoms with Gasteiger partial charge in [-0.1, -0.05) is 35.0 Å². The van der Waals surface area contributed by atoms with Crippen LogP contribution in [-0.2, 0) is 4.79 Å². The number of rotatable bonds is 3. The van der Waals surface area contributed by atoms with E-state index < -0.39 is 0 Å². The molecule has 0 aromatic heterocycles. The Labute approximate surface area is 164 Å². The zero-order chi connectivity index (χ0) is 18.8. The van der Waals surface area contributed by atoms with Crippen molar-refractivity contribution >= 4 is 27.5 Å². The van der Waals surface area contributed by atoms with Gasteiger partial charge in [-0.05, 0) is 45.0 Å². The van der Waals surface area contributed by atoms with Gasteiger partial charge in [0.05, 0.1) is 6.04 Å². The van der Waals surface area contributed by atoms with Crippen molar-refractivity contribution in [2.75, 3.05) is 20.1 Å². The van der Waals surface area contributed by atoms with Crippen molar-refractivity contribution in [3.05, 3.63) is 46.5 Å². The minimum absolute atomic E-state index is 0.0330. The molecule has 3 aliphatic heterocycles. The van der Waals surface area contributed by atoms with Gasteiger partial charge in [0.2, 0.25) is 0 Å². The lowest BCUT2D eigenvalue weighted by atomic mass is 10.0. The summed E-state index contributed by atoms with van der Waals surface area (Å²) in [5, 5.41) is 0. The van der Waals surface area contributed by atoms with E-state index in [2.05, 4.69) is 51.9 Å². The number of allylic oxidation sites excluding steroid dienone is 4. The topological polar surface area (TPSA) is 39.2 Å². The first-order chi connectivity index (χ1) is 12.5. The Morgan fingerprint density at radius 2 is 2.19 bits per heavy atom. The second-order valence-corrected chi connectivity index (χ2v) is 7.80. The maximum atomic E-state index is 13.3. The highest BCUT2D eigenvalue weighted by Crippen LogP contribution is 2.27. The van der Waals surface area contributed by atoms with Crippen molar-refractivity contribution in [3.8, 4) is 0 Å². The normalized spacial score (nSPS) is 27.7. The Balaban J connectivity index is 1.88. The van der Waals surface area contributed by atoms with Gasteiger partial charge < -0.3 is 14.7 Å². The van der Waals surface area contributed by atoms with Crippen molar-refractivity contribution < 1.29 is 4.79 Å². The van der Waals surface area contributed by atoms with Crippen LogP contribution in [0.15, 0.2) is 51.5 Å². The molecule has 3 heterocycles. The first-order valence-corrected chi connectivity index (χ1v) is 10.1. The SMILES string of the molecule is C/C=C(Br)\C=C1\N=C(C(=O)N2CCN3C=CCC3C2C)C=C(CC)N1C. The number of carbonyl (C=O) groups is 1. The zero-order valence-electron chi connectivity index (χ0n) is 15.9. The van der Waals surface area contributed by atoms with E-state index in [9.17, 15) is 4.79 Å². The number of halogens is 1. The highest BCUT2D eigenvalue weighted by Gasteiger charge is 2.37. The lowest BCUT2D eigenvalue weighted by Gasteiger charge is -2.44. The number of amides is 1. The van der Waals surface area contributed by atoms with Crippen LogP contribution >= 0.6 is 15.9 Å². The van der Waals surface area contributed by atoms with Crippen LogP contribution in [0.25, 0.3) is 0 Å². The summed E-state index contributed by atoms with van der Waals surface area (Å²) in [6.45, 7) is 7.84. The quantitative estimate of drug-likeness (QED) is 0.702. The van der Waals surface area contributed by atoms with E-state index >= 15 is 0 Å². The fraction of sp³-hybridized carbons (Fsp3) is 0.500. The van der Waals surface area contributed by atoms with Crippen LogP contribution in [0.4, 0.5) is 0 Å². The highest BCUT2D eigenvalue weighted by atomic mass is 79.9. The van der Waals surface area contributed by atoms with Gasteiger partial charge in [0.1, 0.15) is 11.5 Å². The summed E-state index contributed by atoms with van der Waals surface area (Å²) in [6, 6.07) is 0.572. The first kappa shape index (κ1) is 19.0. The van der Waals surface area contributed by atoms with Gasteiger partial charge in [-0.15, -0.1) is 0 Å². The fourth-order valence-corrected chi connectivity index (χ4v) is 3.99. The molecule has 3 rings (SSSR count). The molecule has 5 nitrogen and oxygen atoms in total. The molecule has 140 valence electrons. The molecule has 1 saturated heterocycles. The molecule has 0 N–H and O–H groups in total. The molecule has 0 aliphatic carbocycles. The monoisotopic (exact) mass is 418 g/mol. The van der Waals surface area contributed by atoms with Crippen LogP contribution in [0.3, 0.4) is 0 Å². The second-order valence-electron chi connectivity index (χ2n) is 6.89. The molecule has 0 spiro atoms. The third kappa shape index (κ3) is 3.52. The molecule has 2 atom stereocenters. The number of carbonyl (C=O) groups excluding carboxylic acids is 1. The lowest BCUT2D eigenvalue weighted by molar-refractivity contribution is -0.129. The predicted molar refractivity (Wildman–Crippen MR) is 110 cm³/mol. The number of hydrogen-bond acceptors (Lipinski definition) is 4. The maximum Gasteiger partial charge on any atom is 0.272 e. The average Bonchev–Trinajstić information content (AvgIpc) is 3.12. The summed E-state index contributed by atoms with van der Waals surface area (Å²) in [5.41, 5.74) is 1.63. The van der Waals surface area contributed by atoms with E-state index in [-0.39, 0.29) is 11.9 Å². The van der Waals surface area contributed by atoms with E-state index in [0.29, 0.717) is 11.8 Å². The smallest absolute Gasteiger partial charge is 0.272 e. The first-order valence-electron chi connectivity index (χ1n) is 9.26. The zero-order valence-corrected chi connectivity index (χ0v) is 17.5.